The Labute approximate surface area is 181 Å². The molecular formula is C19H10BrF12. The summed E-state index contributed by atoms with van der Waals surface area (Å²) in [7, 11) is 0. The van der Waals surface area contributed by atoms with Gasteiger partial charge in [0, 0.05) is 21.7 Å². The third-order valence-electron chi connectivity index (χ3n) is 4.51. The Morgan fingerprint density at radius 1 is 0.781 bits per heavy atom. The fraction of sp³-hybridized carbons (Fsp3) is 0.368. The van der Waals surface area contributed by atoms with Gasteiger partial charge in [0.05, 0.1) is 5.56 Å². The van der Waals surface area contributed by atoms with Gasteiger partial charge in [-0.25, -0.2) is 4.39 Å². The maximum absolute atomic E-state index is 15.3. The lowest BCUT2D eigenvalue weighted by Crippen LogP contribution is -2.60. The Morgan fingerprint density at radius 3 is 1.75 bits per heavy atom. The Morgan fingerprint density at radius 2 is 1.31 bits per heavy atom. The molecule has 0 aliphatic carbocycles. The summed E-state index contributed by atoms with van der Waals surface area (Å²) in [5.41, 5.74) is -13.6. The first kappa shape index (κ1) is 26.3. The summed E-state index contributed by atoms with van der Waals surface area (Å²) >= 11 is 2.57. The average Bonchev–Trinajstić information content (AvgIpc) is 2.64. The molecule has 0 fully saturated rings. The zero-order valence-electron chi connectivity index (χ0n) is 15.5. The molecule has 0 nitrogen and oxygen atoms in total. The molecule has 0 saturated heterocycles. The SMILES string of the molecule is CCc1[c]c(Br)c(-c2ccccc2C(F)(F)F)c(C(F)(C(F)(F)F)C(F)(F)C(F)(F)F)c1. The summed E-state index contributed by atoms with van der Waals surface area (Å²) in [5, 5.41) is 0. The molecule has 177 valence electrons. The molecule has 0 aliphatic rings. The van der Waals surface area contributed by atoms with Crippen LogP contribution in [0.4, 0.5) is 52.7 Å². The number of hydrogen-bond donors (Lipinski definition) is 0. The zero-order valence-corrected chi connectivity index (χ0v) is 17.1. The van der Waals surface area contributed by atoms with Crippen molar-refractivity contribution in [1.29, 1.82) is 0 Å². The molecule has 0 bridgehead atoms. The topological polar surface area (TPSA) is 0 Å². The van der Waals surface area contributed by atoms with Gasteiger partial charge in [-0.15, -0.1) is 0 Å². The standard InChI is InChI=1S/C19H10BrF12/c1-2-9-7-12(15(21,18(27,28)29)17(25,26)19(30,31)32)14(13(20)8-9)10-5-3-4-6-11(10)16(22,23)24/h3-7H,2H2,1H3. The molecule has 0 aromatic heterocycles. The van der Waals surface area contributed by atoms with Crippen molar-refractivity contribution in [3.05, 3.63) is 57.6 Å². The molecule has 0 amide bonds. The predicted octanol–water partition coefficient (Wildman–Crippen LogP) is 8.42. The normalized spacial score (nSPS) is 15.6. The van der Waals surface area contributed by atoms with Crippen molar-refractivity contribution >= 4 is 15.9 Å². The molecule has 32 heavy (non-hydrogen) atoms. The minimum atomic E-state index is -7.05. The Kier molecular flexibility index (Phi) is 6.70. The first-order valence-corrected chi connectivity index (χ1v) is 9.22. The lowest BCUT2D eigenvalue weighted by atomic mass is 9.80. The Balaban J connectivity index is 3.13. The zero-order chi connectivity index (χ0) is 24.9. The highest BCUT2D eigenvalue weighted by atomic mass is 79.9. The van der Waals surface area contributed by atoms with E-state index in [1.54, 1.807) is 0 Å². The van der Waals surface area contributed by atoms with Crippen LogP contribution in [-0.2, 0) is 18.3 Å². The van der Waals surface area contributed by atoms with E-state index < -0.39 is 62.4 Å². The Bertz CT molecular complexity index is 987. The molecule has 2 rings (SSSR count). The molecule has 0 heterocycles. The van der Waals surface area contributed by atoms with Crippen molar-refractivity contribution in [3.63, 3.8) is 0 Å². The van der Waals surface area contributed by atoms with Crippen molar-refractivity contribution in [2.24, 2.45) is 0 Å². The van der Waals surface area contributed by atoms with Gasteiger partial charge < -0.3 is 0 Å². The number of halogens is 13. The van der Waals surface area contributed by atoms with Gasteiger partial charge in [0.1, 0.15) is 0 Å². The number of aryl methyl sites for hydroxylation is 1. The first-order valence-electron chi connectivity index (χ1n) is 8.42. The van der Waals surface area contributed by atoms with Crippen molar-refractivity contribution in [3.8, 4) is 11.1 Å². The highest BCUT2D eigenvalue weighted by Gasteiger charge is 2.82. The third-order valence-corrected chi connectivity index (χ3v) is 5.11. The summed E-state index contributed by atoms with van der Waals surface area (Å²) in [6.45, 7) is 1.24. The summed E-state index contributed by atoms with van der Waals surface area (Å²) < 4.78 is 163. The number of benzene rings is 2. The van der Waals surface area contributed by atoms with Crippen molar-refractivity contribution in [1.82, 2.24) is 0 Å². The average molecular weight is 546 g/mol. The van der Waals surface area contributed by atoms with E-state index in [2.05, 4.69) is 22.0 Å². The second-order valence-corrected chi connectivity index (χ2v) is 7.32. The van der Waals surface area contributed by atoms with Gasteiger partial charge >= 0.3 is 30.1 Å². The molecule has 2 aromatic carbocycles. The van der Waals surface area contributed by atoms with Crippen LogP contribution in [0.3, 0.4) is 0 Å². The van der Waals surface area contributed by atoms with Crippen LogP contribution >= 0.6 is 15.9 Å². The van der Waals surface area contributed by atoms with Crippen LogP contribution in [0.2, 0.25) is 0 Å². The molecule has 1 unspecified atom stereocenters. The van der Waals surface area contributed by atoms with Crippen molar-refractivity contribution in [2.45, 2.75) is 43.5 Å². The fourth-order valence-corrected chi connectivity index (χ4v) is 3.65. The van der Waals surface area contributed by atoms with Crippen LogP contribution in [0.5, 0.6) is 0 Å². The maximum Gasteiger partial charge on any atom is 0.457 e. The van der Waals surface area contributed by atoms with E-state index in [1.165, 1.54) is 6.92 Å². The van der Waals surface area contributed by atoms with Crippen LogP contribution in [0.1, 0.15) is 23.6 Å². The first-order chi connectivity index (χ1) is 14.3. The van der Waals surface area contributed by atoms with E-state index in [-0.39, 0.29) is 12.5 Å². The van der Waals surface area contributed by atoms with E-state index in [4.69, 9.17) is 0 Å². The van der Waals surface area contributed by atoms with Crippen LogP contribution in [0.25, 0.3) is 11.1 Å². The van der Waals surface area contributed by atoms with Gasteiger partial charge in [0.25, 0.3) is 0 Å². The van der Waals surface area contributed by atoms with Gasteiger partial charge in [0.15, 0.2) is 0 Å². The number of hydrogen-bond acceptors (Lipinski definition) is 0. The molecule has 0 spiro atoms. The largest absolute Gasteiger partial charge is 0.457 e. The molecule has 0 aliphatic heterocycles. The number of alkyl halides is 12. The van der Waals surface area contributed by atoms with Crippen LogP contribution < -0.4 is 0 Å². The van der Waals surface area contributed by atoms with Gasteiger partial charge in [-0.2, -0.15) is 48.3 Å². The molecule has 1 radical (unpaired) electrons. The van der Waals surface area contributed by atoms with Gasteiger partial charge in [-0.3, -0.25) is 0 Å². The molecule has 13 heteroatoms. The lowest BCUT2D eigenvalue weighted by Gasteiger charge is -2.37. The summed E-state index contributed by atoms with van der Waals surface area (Å²) in [4.78, 5) is 0. The molecule has 1 atom stereocenters. The molecule has 0 saturated carbocycles. The van der Waals surface area contributed by atoms with Gasteiger partial charge in [-0.1, -0.05) is 31.2 Å². The van der Waals surface area contributed by atoms with Gasteiger partial charge in [-0.05, 0) is 39.5 Å². The van der Waals surface area contributed by atoms with Crippen molar-refractivity contribution < 1.29 is 52.7 Å². The van der Waals surface area contributed by atoms with E-state index in [1.807, 2.05) is 0 Å². The second-order valence-electron chi connectivity index (χ2n) is 6.52. The molecule has 0 N–H and O–H groups in total. The van der Waals surface area contributed by atoms with Crippen LogP contribution in [0.15, 0.2) is 34.8 Å². The Hall–Kier alpha value is -1.92. The second kappa shape index (κ2) is 8.14. The quantitative estimate of drug-likeness (QED) is 0.338. The minimum Gasteiger partial charge on any atom is -0.221 e. The smallest absolute Gasteiger partial charge is 0.221 e. The minimum absolute atomic E-state index is 0.0143. The summed E-state index contributed by atoms with van der Waals surface area (Å²) in [6.07, 6.45) is -19.5. The monoisotopic (exact) mass is 545 g/mol. The van der Waals surface area contributed by atoms with Crippen molar-refractivity contribution in [2.75, 3.05) is 0 Å². The number of rotatable bonds is 4. The third kappa shape index (κ3) is 4.19. The highest BCUT2D eigenvalue weighted by molar-refractivity contribution is 9.10. The van der Waals surface area contributed by atoms with E-state index in [0.29, 0.717) is 12.1 Å². The maximum atomic E-state index is 15.3. The van der Waals surface area contributed by atoms with E-state index in [9.17, 15) is 48.3 Å². The molecule has 2 aromatic rings. The lowest BCUT2D eigenvalue weighted by molar-refractivity contribution is -0.389. The van der Waals surface area contributed by atoms with E-state index in [0.717, 1.165) is 12.1 Å². The molecular weight excluding hydrogens is 536 g/mol. The predicted molar refractivity (Wildman–Crippen MR) is 92.6 cm³/mol. The van der Waals surface area contributed by atoms with E-state index >= 15 is 4.39 Å². The van der Waals surface area contributed by atoms with Crippen LogP contribution in [-0.4, -0.2) is 18.3 Å². The van der Waals surface area contributed by atoms with Gasteiger partial charge in [0.2, 0.25) is 0 Å². The summed E-state index contributed by atoms with van der Waals surface area (Å²) in [5.74, 6) is -7.05. The summed E-state index contributed by atoms with van der Waals surface area (Å²) in [6, 6.07) is 4.81. The fourth-order valence-electron chi connectivity index (χ4n) is 2.97. The van der Waals surface area contributed by atoms with Crippen LogP contribution in [0, 0.1) is 6.07 Å². The highest BCUT2D eigenvalue weighted by Crippen LogP contribution is 2.60.